The van der Waals surface area contributed by atoms with Crippen LogP contribution in [0.1, 0.15) is 175 Å². The lowest BCUT2D eigenvalue weighted by Gasteiger charge is -2.64. The van der Waals surface area contributed by atoms with Gasteiger partial charge in [0.2, 0.25) is 5.91 Å². The molecule has 0 radical (unpaired) electrons. The van der Waals surface area contributed by atoms with E-state index < -0.39 is 51.5 Å². The second-order valence-corrected chi connectivity index (χ2v) is 29.3. The molecule has 17 nitrogen and oxygen atoms in total. The summed E-state index contributed by atoms with van der Waals surface area (Å²) in [6.45, 7) is 14.4. The predicted molar refractivity (Wildman–Crippen MR) is 320 cm³/mol. The van der Waals surface area contributed by atoms with E-state index in [0.717, 1.165) is 149 Å². The van der Waals surface area contributed by atoms with E-state index >= 15 is 0 Å². The molecular weight excluding hydrogens is 1090 g/mol. The van der Waals surface area contributed by atoms with Crippen LogP contribution in [0.5, 0.6) is 17.2 Å². The van der Waals surface area contributed by atoms with Gasteiger partial charge >= 0.3 is 0 Å². The minimum absolute atomic E-state index is 0.0213. The van der Waals surface area contributed by atoms with E-state index in [9.17, 15) is 34.5 Å². The molecule has 6 heterocycles. The van der Waals surface area contributed by atoms with Crippen LogP contribution in [0.4, 0.5) is 0 Å². The lowest BCUT2D eigenvalue weighted by atomic mass is 9.47. The molecule has 6 saturated carbocycles. The third kappa shape index (κ3) is 7.44. The van der Waals surface area contributed by atoms with Crippen LogP contribution in [0, 0.1) is 23.7 Å². The number of nitrogens with two attached hydrogens (primary N) is 3. The number of nitrogens with one attached hydrogen (secondary N) is 1. The average Bonchev–Trinajstić information content (AvgIpc) is 1.39. The van der Waals surface area contributed by atoms with Crippen molar-refractivity contribution < 1.29 is 48.7 Å². The minimum atomic E-state index is -0.957. The molecule has 6 aliphatic heterocycles. The maximum absolute atomic E-state index is 12.4. The molecule has 18 rings (SSSR count). The van der Waals surface area contributed by atoms with Crippen molar-refractivity contribution in [2.75, 3.05) is 39.3 Å². The fourth-order valence-corrected chi connectivity index (χ4v) is 20.8. The van der Waals surface area contributed by atoms with Gasteiger partial charge in [-0.3, -0.25) is 33.9 Å². The molecule has 10 N–H and O–H groups in total. The molecule has 456 valence electrons. The normalized spacial score (nSPS) is 39.2. The monoisotopic (exact) mass is 1170 g/mol. The Morgan fingerprint density at radius 1 is 0.570 bits per heavy atom. The molecule has 6 bridgehead atoms. The Hall–Kier alpha value is -5.82. The van der Waals surface area contributed by atoms with Crippen LogP contribution >= 0.6 is 0 Å². The Balaban J connectivity index is 0.000000105. The summed E-state index contributed by atoms with van der Waals surface area (Å²) < 4.78 is 19.4. The van der Waals surface area contributed by atoms with E-state index in [1.54, 1.807) is 18.2 Å². The van der Waals surface area contributed by atoms with Crippen molar-refractivity contribution in [1.82, 2.24) is 20.0 Å². The highest BCUT2D eigenvalue weighted by Crippen LogP contribution is 2.69. The number of rotatable bonds is 11. The van der Waals surface area contributed by atoms with Gasteiger partial charge in [-0.25, -0.2) is 0 Å². The molecule has 3 spiro atoms. The quantitative estimate of drug-likeness (QED) is 0.0952. The molecule has 86 heavy (non-hydrogen) atoms. The van der Waals surface area contributed by atoms with Gasteiger partial charge in [0.25, 0.3) is 17.7 Å². The molecule has 3 aromatic carbocycles. The largest absolute Gasteiger partial charge is 0.488 e. The van der Waals surface area contributed by atoms with E-state index in [1.165, 1.54) is 55.7 Å². The zero-order chi connectivity index (χ0) is 59.4. The van der Waals surface area contributed by atoms with Gasteiger partial charge in [0.15, 0.2) is 0 Å². The summed E-state index contributed by atoms with van der Waals surface area (Å²) in [6, 6.07) is 11.6. The van der Waals surface area contributed by atoms with Gasteiger partial charge in [0.05, 0.1) is 55.8 Å². The van der Waals surface area contributed by atoms with E-state index in [4.69, 9.17) is 31.4 Å². The summed E-state index contributed by atoms with van der Waals surface area (Å²) in [7, 11) is 0. The minimum Gasteiger partial charge on any atom is -0.488 e. The van der Waals surface area contributed by atoms with Crippen LogP contribution < -0.4 is 36.7 Å². The van der Waals surface area contributed by atoms with Crippen molar-refractivity contribution in [2.24, 2.45) is 40.9 Å². The highest BCUT2D eigenvalue weighted by atomic mass is 16.5. The Labute approximate surface area is 503 Å². The second kappa shape index (κ2) is 19.1. The average molecular weight is 1170 g/mol. The van der Waals surface area contributed by atoms with Crippen LogP contribution in [-0.2, 0) is 40.3 Å². The first kappa shape index (κ1) is 55.5. The van der Waals surface area contributed by atoms with Crippen LogP contribution in [-0.4, -0.2) is 152 Å². The third-order valence-corrected chi connectivity index (χ3v) is 25.0. The highest BCUT2D eigenvalue weighted by molar-refractivity contribution is 5.98. The Morgan fingerprint density at radius 3 is 1.43 bits per heavy atom. The summed E-state index contributed by atoms with van der Waals surface area (Å²) in [4.78, 5) is 56.4. The zero-order valence-corrected chi connectivity index (χ0v) is 49.9. The van der Waals surface area contributed by atoms with Gasteiger partial charge in [0.1, 0.15) is 35.6 Å². The molecule has 0 aromatic heterocycles. The van der Waals surface area contributed by atoms with Crippen LogP contribution in [0.3, 0.4) is 0 Å². The third-order valence-electron chi connectivity index (χ3n) is 25.0. The molecule has 9 aliphatic carbocycles. The van der Waals surface area contributed by atoms with Gasteiger partial charge in [0, 0.05) is 54.5 Å². The van der Waals surface area contributed by atoms with Crippen molar-refractivity contribution in [2.45, 2.75) is 205 Å². The number of hydrogen-bond donors (Lipinski definition) is 7. The van der Waals surface area contributed by atoms with Gasteiger partial charge in [-0.2, -0.15) is 0 Å². The maximum Gasteiger partial charge on any atom is 0.252 e. The van der Waals surface area contributed by atoms with Crippen molar-refractivity contribution in [3.8, 4) is 17.2 Å². The van der Waals surface area contributed by atoms with Crippen LogP contribution in [0.15, 0.2) is 60.7 Å². The summed E-state index contributed by atoms with van der Waals surface area (Å²) in [5.74, 6) is 2.94. The summed E-state index contributed by atoms with van der Waals surface area (Å²) in [5.41, 5.74) is 22.0. The molecule has 3 saturated heterocycles. The van der Waals surface area contributed by atoms with Gasteiger partial charge in [-0.05, 0) is 212 Å². The highest BCUT2D eigenvalue weighted by Gasteiger charge is 2.76. The lowest BCUT2D eigenvalue weighted by molar-refractivity contribution is -0.196. The topological polar surface area (TPSA) is 256 Å². The SMILES string of the molecule is C/C=C/C(=O)N[C@@H]1CC[C@@]2(O)[C@H]3Cc4ccc(C(N)=O)c5c4[C@@]2(CCN3CC2CC2)C1O5.C=C1CC[C@@]2(O)[C@H]3Cc4ccc(C(N)=O)c5c4[C@@]2(CCN3CC2CC2)C1O5.C[C@@H]1CC[C@@]2(O)[C@H]3Cc4ccc(C(N)=O)c5c4[C@@]2(CCN3CC2CC2)C1O5. The number of nitrogens with zero attached hydrogens (tertiary/aromatic N) is 3. The first-order valence-electron chi connectivity index (χ1n) is 32.7. The van der Waals surface area contributed by atoms with Gasteiger partial charge in [-0.15, -0.1) is 0 Å². The summed E-state index contributed by atoms with van der Waals surface area (Å²) in [6.07, 6.45) is 19.8. The number of benzene rings is 3. The first-order chi connectivity index (χ1) is 41.3. The number of carbonyl (C=O) groups excluding carboxylic acids is 4. The molecule has 9 fully saturated rings. The second-order valence-electron chi connectivity index (χ2n) is 29.3. The van der Waals surface area contributed by atoms with Crippen LogP contribution in [0.25, 0.3) is 0 Å². The number of piperidine rings is 3. The smallest absolute Gasteiger partial charge is 0.252 e. The van der Waals surface area contributed by atoms with E-state index in [2.05, 4.69) is 39.6 Å². The molecule has 3 unspecified atom stereocenters. The molecule has 15 aliphatic rings. The number of likely N-dealkylation sites (tertiary alicyclic amines) is 3. The Kier molecular flexibility index (Phi) is 12.3. The van der Waals surface area contributed by atoms with Gasteiger partial charge < -0.3 is 52.0 Å². The molecule has 17 heteroatoms. The first-order valence-corrected chi connectivity index (χ1v) is 32.7. The van der Waals surface area contributed by atoms with Crippen molar-refractivity contribution in [1.29, 1.82) is 0 Å². The van der Waals surface area contributed by atoms with Crippen molar-refractivity contribution in [3.05, 3.63) is 111 Å². The summed E-state index contributed by atoms with van der Waals surface area (Å²) >= 11 is 0. The van der Waals surface area contributed by atoms with E-state index in [0.29, 0.717) is 52.7 Å². The van der Waals surface area contributed by atoms with E-state index in [1.807, 2.05) is 25.1 Å². The number of carbonyl (C=O) groups is 4. The summed E-state index contributed by atoms with van der Waals surface area (Å²) in [5, 5.41) is 40.0. The number of amides is 4. The van der Waals surface area contributed by atoms with Crippen molar-refractivity contribution >= 4 is 23.6 Å². The standard InChI is InChI=1S/C25H31N3O4.C22H28N2O3.C22H26N2O3/c1-2-3-19(29)27-17-8-9-25(31)18-12-15-6-7-16(23(26)30)21-20(15)24(25,22(17)32-21)10-11-28(18)13-14-4-5-14;2*1-12-6-7-22(26)16-10-14-4-5-15(20(23)25)18-17(14)21(22,19(12)27-18)8-9-24(16)11-13-2-3-13/h2-3,6-7,14,17-18,22,31H,4-5,8-13H2,1H3,(H2,26,30)(H,27,29);4-5,12-13,16,19,26H,2-3,6-11H2,1H3,(H2,23,25);4-5,13,16,19,26H,1-3,6-11H2,(H2,23,25)/b3-2+;;/t17-,18-,22?,24+,25-;12-,16-,19?,21+,22-;16-,19?,21+,22-/m111/s1. The fraction of sp³-hybridized carbons (Fsp3) is 0.623. The molecule has 3 aromatic rings. The predicted octanol–water partition coefficient (Wildman–Crippen LogP) is 5.30. The lowest BCUT2D eigenvalue weighted by Crippen LogP contribution is -2.78. The number of primary amides is 3. The molecule has 4 amide bonds. The molecule has 14 atom stereocenters. The maximum atomic E-state index is 12.4. The number of allylic oxidation sites excluding steroid dienone is 1. The Morgan fingerprint density at radius 2 is 0.977 bits per heavy atom. The molecular formula is C69H85N7O10. The van der Waals surface area contributed by atoms with E-state index in [-0.39, 0.29) is 47.7 Å². The van der Waals surface area contributed by atoms with Gasteiger partial charge in [-0.1, -0.05) is 37.8 Å². The fourth-order valence-electron chi connectivity index (χ4n) is 20.8. The van der Waals surface area contributed by atoms with Crippen LogP contribution in [0.2, 0.25) is 0 Å². The number of ether oxygens (including phenoxy) is 3. The number of aliphatic hydroxyl groups is 3. The Bertz CT molecular complexity index is 3490. The number of hydrogen-bond acceptors (Lipinski definition) is 13. The zero-order valence-electron chi connectivity index (χ0n) is 49.9. The van der Waals surface area contributed by atoms with Crippen molar-refractivity contribution in [3.63, 3.8) is 0 Å².